The highest BCUT2D eigenvalue weighted by molar-refractivity contribution is 8.00. The Bertz CT molecular complexity index is 635. The molecular weight excluding hydrogens is 384 g/mol. The Morgan fingerprint density at radius 3 is 1.44 bits per heavy atom. The molecule has 2 aromatic carbocycles. The molecule has 148 valence electrons. The summed E-state index contributed by atoms with van der Waals surface area (Å²) in [5.74, 6) is 2.46. The van der Waals surface area contributed by atoms with Gasteiger partial charge in [0, 0.05) is 19.6 Å². The number of hydrogen-bond donors (Lipinski definition) is 0. The molecular formula is C24H34S3. The number of thioether (sulfide) groups is 2. The molecule has 0 atom stereocenters. The molecule has 0 heterocycles. The van der Waals surface area contributed by atoms with Gasteiger partial charge < -0.3 is 0 Å². The summed E-state index contributed by atoms with van der Waals surface area (Å²) in [5, 5.41) is 0. The first kappa shape index (κ1) is 22.8. The first-order chi connectivity index (χ1) is 13.2. The van der Waals surface area contributed by atoms with Crippen molar-refractivity contribution in [1.82, 2.24) is 0 Å². The highest BCUT2D eigenvalue weighted by atomic mass is 32.2. The van der Waals surface area contributed by atoms with Crippen molar-refractivity contribution in [1.29, 1.82) is 0 Å². The van der Waals surface area contributed by atoms with Gasteiger partial charge in [0.05, 0.1) is 0 Å². The molecule has 2 aromatic rings. The van der Waals surface area contributed by atoms with Crippen LogP contribution in [0.3, 0.4) is 0 Å². The molecule has 0 aliphatic carbocycles. The number of hydrogen-bond acceptors (Lipinski definition) is 3. The van der Waals surface area contributed by atoms with Gasteiger partial charge in [-0.25, -0.2) is 0 Å². The molecule has 0 amide bonds. The second kappa shape index (κ2) is 12.9. The lowest BCUT2D eigenvalue weighted by Crippen LogP contribution is -1.90. The summed E-state index contributed by atoms with van der Waals surface area (Å²) in [6.07, 6.45) is 7.36. The molecule has 0 saturated heterocycles. The van der Waals surface area contributed by atoms with Crippen molar-refractivity contribution in [2.24, 2.45) is 0 Å². The van der Waals surface area contributed by atoms with Gasteiger partial charge in [-0.2, -0.15) is 0 Å². The third-order valence-electron chi connectivity index (χ3n) is 4.57. The topological polar surface area (TPSA) is 0 Å². The maximum Gasteiger partial charge on any atom is 0.0125 e. The van der Waals surface area contributed by atoms with Crippen LogP contribution in [0.5, 0.6) is 0 Å². The van der Waals surface area contributed by atoms with Crippen LogP contribution in [-0.4, -0.2) is 11.5 Å². The van der Waals surface area contributed by atoms with E-state index >= 15 is 0 Å². The standard InChI is InChI=1S/C24H34S3/c1-5-9-15-25-23-13-11-21(17-19(23)7-3)27-22-12-14-24(20(8-4)18-22)26-16-10-6-2/h11-14,17-18H,5-10,15-16H2,1-4H3. The van der Waals surface area contributed by atoms with Crippen LogP contribution in [0.4, 0.5) is 0 Å². The molecule has 0 aromatic heterocycles. The summed E-state index contributed by atoms with van der Waals surface area (Å²) in [6.45, 7) is 9.06. The summed E-state index contributed by atoms with van der Waals surface area (Å²) in [6, 6.07) is 14.1. The molecule has 0 aliphatic heterocycles. The highest BCUT2D eigenvalue weighted by Gasteiger charge is 2.07. The van der Waals surface area contributed by atoms with Crippen LogP contribution in [-0.2, 0) is 12.8 Å². The van der Waals surface area contributed by atoms with Crippen LogP contribution >= 0.6 is 35.3 Å². The van der Waals surface area contributed by atoms with Gasteiger partial charge >= 0.3 is 0 Å². The zero-order valence-electron chi connectivity index (χ0n) is 17.3. The first-order valence-electron chi connectivity index (χ1n) is 10.4. The summed E-state index contributed by atoms with van der Waals surface area (Å²) in [7, 11) is 0. The van der Waals surface area contributed by atoms with Gasteiger partial charge in [0.15, 0.2) is 0 Å². The first-order valence-corrected chi connectivity index (χ1v) is 13.2. The minimum atomic E-state index is 1.11. The van der Waals surface area contributed by atoms with Crippen LogP contribution in [0.2, 0.25) is 0 Å². The van der Waals surface area contributed by atoms with Crippen LogP contribution in [0, 0.1) is 0 Å². The fraction of sp³-hybridized carbons (Fsp3) is 0.500. The monoisotopic (exact) mass is 418 g/mol. The van der Waals surface area contributed by atoms with E-state index in [1.54, 1.807) is 0 Å². The third kappa shape index (κ3) is 7.44. The number of benzene rings is 2. The summed E-state index contributed by atoms with van der Waals surface area (Å²) in [4.78, 5) is 5.65. The molecule has 27 heavy (non-hydrogen) atoms. The highest BCUT2D eigenvalue weighted by Crippen LogP contribution is 2.35. The Labute approximate surface area is 179 Å². The lowest BCUT2D eigenvalue weighted by molar-refractivity contribution is 0.895. The maximum absolute atomic E-state index is 2.40. The number of rotatable bonds is 12. The van der Waals surface area contributed by atoms with Crippen molar-refractivity contribution in [3.8, 4) is 0 Å². The van der Waals surface area contributed by atoms with Gasteiger partial charge in [-0.3, -0.25) is 0 Å². The minimum absolute atomic E-state index is 1.11. The Kier molecular flexibility index (Phi) is 10.8. The Morgan fingerprint density at radius 1 is 0.630 bits per heavy atom. The van der Waals surface area contributed by atoms with E-state index in [0.29, 0.717) is 0 Å². The van der Waals surface area contributed by atoms with E-state index in [1.807, 2.05) is 35.3 Å². The summed E-state index contributed by atoms with van der Waals surface area (Å²) in [5.41, 5.74) is 2.98. The lowest BCUT2D eigenvalue weighted by Gasteiger charge is -2.12. The molecule has 0 nitrogen and oxygen atoms in total. The summed E-state index contributed by atoms with van der Waals surface area (Å²) < 4.78 is 0. The van der Waals surface area contributed by atoms with Crippen molar-refractivity contribution in [2.75, 3.05) is 11.5 Å². The van der Waals surface area contributed by atoms with Crippen molar-refractivity contribution < 1.29 is 0 Å². The molecule has 0 spiro atoms. The van der Waals surface area contributed by atoms with Crippen LogP contribution < -0.4 is 0 Å². The molecule has 0 unspecified atom stereocenters. The molecule has 3 heteroatoms. The van der Waals surface area contributed by atoms with Crippen LogP contribution in [0.1, 0.15) is 64.5 Å². The Hall–Kier alpha value is -0.510. The lowest BCUT2D eigenvalue weighted by atomic mass is 10.2. The predicted molar refractivity (Wildman–Crippen MR) is 127 cm³/mol. The largest absolute Gasteiger partial charge is 0.126 e. The van der Waals surface area contributed by atoms with E-state index in [-0.39, 0.29) is 0 Å². The normalized spacial score (nSPS) is 11.1. The number of unbranched alkanes of at least 4 members (excludes halogenated alkanes) is 2. The van der Waals surface area contributed by atoms with Gasteiger partial charge in [-0.05, 0) is 84.7 Å². The molecule has 0 aliphatic rings. The van der Waals surface area contributed by atoms with E-state index in [1.165, 1.54) is 67.9 Å². The van der Waals surface area contributed by atoms with Crippen molar-refractivity contribution in [3.05, 3.63) is 47.5 Å². The third-order valence-corrected chi connectivity index (χ3v) is 7.96. The average Bonchev–Trinajstić information content (AvgIpc) is 2.70. The fourth-order valence-electron chi connectivity index (χ4n) is 2.86. The van der Waals surface area contributed by atoms with E-state index in [2.05, 4.69) is 64.1 Å². The number of aryl methyl sites for hydroxylation is 2. The minimum Gasteiger partial charge on any atom is -0.126 e. The van der Waals surface area contributed by atoms with Crippen LogP contribution in [0.15, 0.2) is 56.0 Å². The molecule has 0 N–H and O–H groups in total. The second-order valence-electron chi connectivity index (χ2n) is 6.75. The predicted octanol–water partition coefficient (Wildman–Crippen LogP) is 8.75. The van der Waals surface area contributed by atoms with E-state index < -0.39 is 0 Å². The molecule has 0 saturated carbocycles. The Balaban J connectivity index is 2.09. The van der Waals surface area contributed by atoms with E-state index in [9.17, 15) is 0 Å². The molecule has 0 bridgehead atoms. The Morgan fingerprint density at radius 2 is 1.07 bits per heavy atom. The van der Waals surface area contributed by atoms with Crippen molar-refractivity contribution in [2.45, 2.75) is 85.8 Å². The van der Waals surface area contributed by atoms with Crippen LogP contribution in [0.25, 0.3) is 0 Å². The maximum atomic E-state index is 2.40. The molecule has 0 fully saturated rings. The van der Waals surface area contributed by atoms with Crippen molar-refractivity contribution in [3.63, 3.8) is 0 Å². The summed E-state index contributed by atoms with van der Waals surface area (Å²) >= 11 is 5.94. The molecule has 0 radical (unpaired) electrons. The van der Waals surface area contributed by atoms with E-state index in [0.717, 1.165) is 12.8 Å². The van der Waals surface area contributed by atoms with E-state index in [4.69, 9.17) is 0 Å². The van der Waals surface area contributed by atoms with Crippen molar-refractivity contribution >= 4 is 35.3 Å². The quantitative estimate of drug-likeness (QED) is 0.250. The van der Waals surface area contributed by atoms with Gasteiger partial charge in [-0.1, -0.05) is 52.3 Å². The van der Waals surface area contributed by atoms with Gasteiger partial charge in [-0.15, -0.1) is 23.5 Å². The smallest absolute Gasteiger partial charge is 0.0125 e. The average molecular weight is 419 g/mol. The zero-order chi connectivity index (χ0) is 19.5. The zero-order valence-corrected chi connectivity index (χ0v) is 19.8. The second-order valence-corrected chi connectivity index (χ2v) is 10.2. The van der Waals surface area contributed by atoms with Gasteiger partial charge in [0.1, 0.15) is 0 Å². The fourth-order valence-corrected chi connectivity index (χ4v) is 6.22. The van der Waals surface area contributed by atoms with Gasteiger partial charge in [0.2, 0.25) is 0 Å². The van der Waals surface area contributed by atoms with Gasteiger partial charge in [0.25, 0.3) is 0 Å². The molecule has 2 rings (SSSR count). The SMILES string of the molecule is CCCCSc1ccc(Sc2ccc(SCCCC)c(CC)c2)cc1CC.